The van der Waals surface area contributed by atoms with Crippen molar-refractivity contribution in [2.75, 3.05) is 32.6 Å². The lowest BCUT2D eigenvalue weighted by Crippen LogP contribution is -2.41. The molecule has 0 bridgehead atoms. The number of benzene rings is 2. The van der Waals surface area contributed by atoms with Crippen LogP contribution in [0.1, 0.15) is 26.7 Å². The maximum absolute atomic E-state index is 13.1. The summed E-state index contributed by atoms with van der Waals surface area (Å²) in [6.07, 6.45) is 3.62. The predicted molar refractivity (Wildman–Crippen MR) is 140 cm³/mol. The van der Waals surface area contributed by atoms with Crippen LogP contribution >= 0.6 is 11.6 Å². The molecule has 190 valence electrons. The van der Waals surface area contributed by atoms with Crippen LogP contribution in [-0.4, -0.2) is 53.6 Å². The second-order valence-electron chi connectivity index (χ2n) is 9.30. The molecule has 0 atom stereocenters. The maximum Gasteiger partial charge on any atom is 0.246 e. The van der Waals surface area contributed by atoms with E-state index in [9.17, 15) is 9.59 Å². The van der Waals surface area contributed by atoms with Crippen molar-refractivity contribution in [2.45, 2.75) is 26.7 Å². The van der Waals surface area contributed by atoms with Gasteiger partial charge in [0.25, 0.3) is 0 Å². The van der Waals surface area contributed by atoms with Gasteiger partial charge in [-0.25, -0.2) is 4.98 Å². The van der Waals surface area contributed by atoms with Gasteiger partial charge >= 0.3 is 0 Å². The molecule has 0 aliphatic heterocycles. The zero-order valence-corrected chi connectivity index (χ0v) is 21.7. The average molecular weight is 511 g/mol. The molecule has 0 unspecified atom stereocenters. The van der Waals surface area contributed by atoms with E-state index in [0.717, 1.165) is 24.1 Å². The van der Waals surface area contributed by atoms with Gasteiger partial charge in [-0.3, -0.25) is 19.5 Å². The molecule has 8 nitrogen and oxygen atoms in total. The maximum atomic E-state index is 13.1. The number of carbonyl (C=O) groups is 2. The van der Waals surface area contributed by atoms with E-state index in [0.29, 0.717) is 34.7 Å². The second-order valence-corrected chi connectivity index (χ2v) is 9.74. The Labute approximate surface area is 216 Å². The molecule has 1 N–H and O–H groups in total. The normalized spacial score (nSPS) is 12.9. The summed E-state index contributed by atoms with van der Waals surface area (Å²) in [5.74, 6) is 1.51. The van der Waals surface area contributed by atoms with Crippen LogP contribution in [0, 0.1) is 11.8 Å². The number of carbonyl (C=O) groups excluding carboxylic acids is 2. The molecule has 1 aliphatic rings. The molecule has 1 aliphatic carbocycles. The standard InChI is InChI=1S/C27H31ClN4O4/c1-17(2)14-31(26(34)19-5-6-19)16-25(33)30-27-29-22(18-7-9-20(28)10-8-18)15-32(27)21-11-12-23(35-3)24(13-21)36-4/h7-13,15,17,19H,5-6,14,16H2,1-4H3,(H,29,30,33). The highest BCUT2D eigenvalue weighted by Crippen LogP contribution is 2.33. The van der Waals surface area contributed by atoms with Gasteiger partial charge < -0.3 is 14.4 Å². The number of halogens is 1. The van der Waals surface area contributed by atoms with E-state index in [1.54, 1.807) is 41.9 Å². The summed E-state index contributed by atoms with van der Waals surface area (Å²) in [6.45, 7) is 4.58. The van der Waals surface area contributed by atoms with Crippen molar-refractivity contribution in [3.8, 4) is 28.4 Å². The highest BCUT2D eigenvalue weighted by molar-refractivity contribution is 6.30. The summed E-state index contributed by atoms with van der Waals surface area (Å²) in [5, 5.41) is 3.54. The number of rotatable bonds is 10. The van der Waals surface area contributed by atoms with Crippen molar-refractivity contribution in [3.05, 3.63) is 53.7 Å². The molecule has 1 aromatic heterocycles. The Morgan fingerprint density at radius 2 is 1.81 bits per heavy atom. The van der Waals surface area contributed by atoms with Crippen molar-refractivity contribution >= 4 is 29.4 Å². The molecule has 1 fully saturated rings. The molecule has 2 aromatic carbocycles. The van der Waals surface area contributed by atoms with E-state index in [2.05, 4.69) is 5.32 Å². The molecule has 0 spiro atoms. The number of amides is 2. The van der Waals surface area contributed by atoms with Gasteiger partial charge in [0.05, 0.1) is 32.1 Å². The van der Waals surface area contributed by atoms with E-state index in [1.165, 1.54) is 0 Å². The third-order valence-electron chi connectivity index (χ3n) is 5.90. The van der Waals surface area contributed by atoms with Gasteiger partial charge in [0, 0.05) is 35.3 Å². The molecule has 36 heavy (non-hydrogen) atoms. The summed E-state index contributed by atoms with van der Waals surface area (Å²) in [6, 6.07) is 12.8. The van der Waals surface area contributed by atoms with Gasteiger partial charge in [0.2, 0.25) is 17.8 Å². The molecule has 2 amide bonds. The topological polar surface area (TPSA) is 85.7 Å². The molecule has 4 rings (SSSR count). The minimum atomic E-state index is -0.306. The first-order valence-corrected chi connectivity index (χ1v) is 12.3. The third-order valence-corrected chi connectivity index (χ3v) is 6.15. The zero-order chi connectivity index (χ0) is 25.8. The number of anilines is 1. The Bertz CT molecular complexity index is 1240. The van der Waals surface area contributed by atoms with E-state index < -0.39 is 0 Å². The fourth-order valence-corrected chi connectivity index (χ4v) is 4.13. The molecule has 0 saturated heterocycles. The smallest absolute Gasteiger partial charge is 0.246 e. The number of methoxy groups -OCH3 is 2. The van der Waals surface area contributed by atoms with Crippen LogP contribution < -0.4 is 14.8 Å². The van der Waals surface area contributed by atoms with Crippen LogP contribution in [0.4, 0.5) is 5.95 Å². The highest BCUT2D eigenvalue weighted by atomic mass is 35.5. The Balaban J connectivity index is 1.65. The predicted octanol–water partition coefficient (Wildman–Crippen LogP) is 5.04. The van der Waals surface area contributed by atoms with Crippen LogP contribution in [0.15, 0.2) is 48.7 Å². The monoisotopic (exact) mass is 510 g/mol. The van der Waals surface area contributed by atoms with Gasteiger partial charge in [-0.05, 0) is 43.0 Å². The SMILES string of the molecule is COc1ccc(-n2cc(-c3ccc(Cl)cc3)nc2NC(=O)CN(CC(C)C)C(=O)C2CC2)cc1OC. The molecule has 9 heteroatoms. The first kappa shape index (κ1) is 25.6. The fourth-order valence-electron chi connectivity index (χ4n) is 4.00. The van der Waals surface area contributed by atoms with Gasteiger partial charge in [-0.15, -0.1) is 0 Å². The second kappa shape index (κ2) is 11.0. The van der Waals surface area contributed by atoms with Gasteiger partial charge in [0.15, 0.2) is 11.5 Å². The number of aromatic nitrogens is 2. The number of hydrogen-bond donors (Lipinski definition) is 1. The largest absolute Gasteiger partial charge is 0.493 e. The summed E-state index contributed by atoms with van der Waals surface area (Å²) in [5.41, 5.74) is 2.23. The first-order valence-electron chi connectivity index (χ1n) is 12.0. The summed E-state index contributed by atoms with van der Waals surface area (Å²) in [7, 11) is 3.14. The number of hydrogen-bond acceptors (Lipinski definition) is 5. The molecule has 1 heterocycles. The van der Waals surface area contributed by atoms with Gasteiger partial charge in [0.1, 0.15) is 0 Å². The third kappa shape index (κ3) is 5.99. The Hall–Kier alpha value is -3.52. The van der Waals surface area contributed by atoms with Crippen LogP contribution in [-0.2, 0) is 9.59 Å². The number of nitrogens with one attached hydrogen (secondary N) is 1. The molecular formula is C27H31ClN4O4. The average Bonchev–Trinajstić information content (AvgIpc) is 3.63. The summed E-state index contributed by atoms with van der Waals surface area (Å²) in [4.78, 5) is 32.2. The van der Waals surface area contributed by atoms with Crippen LogP contribution in [0.5, 0.6) is 11.5 Å². The summed E-state index contributed by atoms with van der Waals surface area (Å²) >= 11 is 6.06. The Kier molecular flexibility index (Phi) is 7.84. The fraction of sp³-hybridized carbons (Fsp3) is 0.370. The van der Waals surface area contributed by atoms with Crippen LogP contribution in [0.25, 0.3) is 16.9 Å². The van der Waals surface area contributed by atoms with Gasteiger partial charge in [-0.1, -0.05) is 37.6 Å². The van der Waals surface area contributed by atoms with Crippen LogP contribution in [0.2, 0.25) is 5.02 Å². The van der Waals surface area contributed by atoms with Crippen molar-refractivity contribution in [1.82, 2.24) is 14.5 Å². The van der Waals surface area contributed by atoms with Crippen molar-refractivity contribution in [1.29, 1.82) is 0 Å². The lowest BCUT2D eigenvalue weighted by atomic mass is 10.2. The van der Waals surface area contributed by atoms with Crippen molar-refractivity contribution in [2.24, 2.45) is 11.8 Å². The van der Waals surface area contributed by atoms with Crippen molar-refractivity contribution < 1.29 is 19.1 Å². The lowest BCUT2D eigenvalue weighted by molar-refractivity contribution is -0.136. The molecule has 0 radical (unpaired) electrons. The van der Waals surface area contributed by atoms with Crippen molar-refractivity contribution in [3.63, 3.8) is 0 Å². The first-order chi connectivity index (χ1) is 17.3. The van der Waals surface area contributed by atoms with E-state index in [4.69, 9.17) is 26.1 Å². The minimum Gasteiger partial charge on any atom is -0.493 e. The van der Waals surface area contributed by atoms with Gasteiger partial charge in [-0.2, -0.15) is 0 Å². The molecule has 3 aromatic rings. The Morgan fingerprint density at radius 3 is 2.42 bits per heavy atom. The number of nitrogens with zero attached hydrogens (tertiary/aromatic N) is 3. The number of ether oxygens (including phenoxy) is 2. The molecular weight excluding hydrogens is 480 g/mol. The van der Waals surface area contributed by atoms with E-state index in [-0.39, 0.29) is 30.2 Å². The number of imidazole rings is 1. The Morgan fingerprint density at radius 1 is 1.11 bits per heavy atom. The highest BCUT2D eigenvalue weighted by Gasteiger charge is 2.34. The zero-order valence-electron chi connectivity index (χ0n) is 21.0. The van der Waals surface area contributed by atoms with E-state index in [1.807, 2.05) is 44.3 Å². The quantitative estimate of drug-likeness (QED) is 0.413. The van der Waals surface area contributed by atoms with E-state index >= 15 is 0 Å². The lowest BCUT2D eigenvalue weighted by Gasteiger charge is -2.24. The minimum absolute atomic E-state index is 0.0252. The van der Waals surface area contributed by atoms with Crippen LogP contribution in [0.3, 0.4) is 0 Å². The summed E-state index contributed by atoms with van der Waals surface area (Å²) < 4.78 is 12.6. The molecule has 1 saturated carbocycles.